The Bertz CT molecular complexity index is 1410. The third-order valence-electron chi connectivity index (χ3n) is 5.23. The molecule has 9 heteroatoms. The van der Waals surface area contributed by atoms with Gasteiger partial charge in [-0.15, -0.1) is 0 Å². The number of fused-ring (bicyclic) bond motifs is 3. The molecule has 3 aromatic carbocycles. The van der Waals surface area contributed by atoms with Gasteiger partial charge in [-0.25, -0.2) is 9.97 Å². The average Bonchev–Trinajstić information content (AvgIpc) is 2.95. The summed E-state index contributed by atoms with van der Waals surface area (Å²) in [6.45, 7) is 0. The predicted octanol–water partition coefficient (Wildman–Crippen LogP) is 5.94. The number of benzene rings is 3. The Labute approximate surface area is 205 Å². The van der Waals surface area contributed by atoms with Gasteiger partial charge < -0.3 is 16.0 Å². The molecule has 0 atom stereocenters. The summed E-state index contributed by atoms with van der Waals surface area (Å²) >= 11 is 12.0. The van der Waals surface area contributed by atoms with Crippen LogP contribution in [0.1, 0.15) is 15.9 Å². The molecule has 0 bridgehead atoms. The first-order valence-corrected chi connectivity index (χ1v) is 11.1. The summed E-state index contributed by atoms with van der Waals surface area (Å²) in [4.78, 5) is 33.7. The van der Waals surface area contributed by atoms with E-state index in [0.29, 0.717) is 44.3 Å². The maximum Gasteiger partial charge on any atom is 0.255 e. The molecule has 0 saturated carbocycles. The first-order chi connectivity index (χ1) is 16.4. The second-order valence-corrected chi connectivity index (χ2v) is 8.52. The number of nitrogens with zero attached hydrogens (tertiary/aromatic N) is 2. The molecule has 1 aliphatic rings. The van der Waals surface area contributed by atoms with E-state index in [4.69, 9.17) is 23.2 Å². The highest BCUT2D eigenvalue weighted by atomic mass is 35.5. The van der Waals surface area contributed by atoms with E-state index in [1.165, 1.54) is 0 Å². The summed E-state index contributed by atoms with van der Waals surface area (Å²) in [6, 6.07) is 19.1. The SMILES string of the molecule is O=C1Cc2cnc(Nc3ccc(C(=O)Nc4ccc(Cl)cc4)cc3)nc2-c2ccc(Cl)cc2N1. The predicted molar refractivity (Wildman–Crippen MR) is 134 cm³/mol. The van der Waals surface area contributed by atoms with Crippen LogP contribution in [-0.2, 0) is 11.2 Å². The molecule has 168 valence electrons. The number of hydrogen-bond donors (Lipinski definition) is 3. The van der Waals surface area contributed by atoms with Gasteiger partial charge in [0.25, 0.3) is 5.91 Å². The molecule has 7 nitrogen and oxygen atoms in total. The third kappa shape index (κ3) is 4.71. The van der Waals surface area contributed by atoms with E-state index in [0.717, 1.165) is 11.1 Å². The van der Waals surface area contributed by atoms with Crippen LogP contribution >= 0.6 is 23.2 Å². The fourth-order valence-electron chi connectivity index (χ4n) is 3.59. The minimum Gasteiger partial charge on any atom is -0.325 e. The summed E-state index contributed by atoms with van der Waals surface area (Å²) in [7, 11) is 0. The van der Waals surface area contributed by atoms with Crippen molar-refractivity contribution in [3.63, 3.8) is 0 Å². The highest BCUT2D eigenvalue weighted by Gasteiger charge is 2.21. The second kappa shape index (κ2) is 9.13. The lowest BCUT2D eigenvalue weighted by Gasteiger charge is -2.11. The quantitative estimate of drug-likeness (QED) is 0.329. The number of nitrogens with one attached hydrogen (secondary N) is 3. The van der Waals surface area contributed by atoms with Crippen LogP contribution in [0, 0.1) is 0 Å². The summed E-state index contributed by atoms with van der Waals surface area (Å²) < 4.78 is 0. The van der Waals surface area contributed by atoms with E-state index in [1.54, 1.807) is 66.9 Å². The zero-order valence-electron chi connectivity index (χ0n) is 17.6. The Morgan fingerprint density at radius 3 is 2.38 bits per heavy atom. The maximum atomic E-state index is 12.5. The molecule has 5 rings (SSSR count). The number of amides is 2. The Balaban J connectivity index is 1.35. The minimum absolute atomic E-state index is 0.154. The van der Waals surface area contributed by atoms with Crippen molar-refractivity contribution in [3.05, 3.63) is 94.1 Å². The van der Waals surface area contributed by atoms with Crippen LogP contribution in [-0.4, -0.2) is 21.8 Å². The molecule has 34 heavy (non-hydrogen) atoms. The zero-order chi connectivity index (χ0) is 23.7. The van der Waals surface area contributed by atoms with Gasteiger partial charge in [0.2, 0.25) is 11.9 Å². The lowest BCUT2D eigenvalue weighted by atomic mass is 10.1. The van der Waals surface area contributed by atoms with Crippen molar-refractivity contribution in [3.8, 4) is 11.3 Å². The van der Waals surface area contributed by atoms with E-state index >= 15 is 0 Å². The molecule has 2 heterocycles. The fraction of sp³-hybridized carbons (Fsp3) is 0.0400. The lowest BCUT2D eigenvalue weighted by Crippen LogP contribution is -2.12. The zero-order valence-corrected chi connectivity index (χ0v) is 19.1. The van der Waals surface area contributed by atoms with Crippen molar-refractivity contribution in [2.75, 3.05) is 16.0 Å². The number of carbonyl (C=O) groups is 2. The van der Waals surface area contributed by atoms with Crippen molar-refractivity contribution < 1.29 is 9.59 Å². The van der Waals surface area contributed by atoms with E-state index in [1.807, 2.05) is 6.07 Å². The van der Waals surface area contributed by atoms with E-state index in [9.17, 15) is 9.59 Å². The molecular weight excluding hydrogens is 473 g/mol. The van der Waals surface area contributed by atoms with Gasteiger partial charge in [0.05, 0.1) is 17.8 Å². The molecule has 0 saturated heterocycles. The van der Waals surface area contributed by atoms with E-state index < -0.39 is 0 Å². The number of aromatic nitrogens is 2. The highest BCUT2D eigenvalue weighted by molar-refractivity contribution is 6.31. The molecule has 0 radical (unpaired) electrons. The van der Waals surface area contributed by atoms with Crippen LogP contribution in [0.15, 0.2) is 72.9 Å². The molecule has 4 aromatic rings. The smallest absolute Gasteiger partial charge is 0.255 e. The summed E-state index contributed by atoms with van der Waals surface area (Å²) in [5.41, 5.74) is 4.62. The first-order valence-electron chi connectivity index (χ1n) is 10.3. The average molecular weight is 490 g/mol. The van der Waals surface area contributed by atoms with Crippen LogP contribution in [0.3, 0.4) is 0 Å². The van der Waals surface area contributed by atoms with Crippen LogP contribution in [0.4, 0.5) is 23.0 Å². The number of carbonyl (C=O) groups excluding carboxylic acids is 2. The number of hydrogen-bond acceptors (Lipinski definition) is 5. The standard InChI is InChI=1S/C25H17Cl2N5O2/c26-16-3-8-18(9-4-16)29-24(34)14-1-6-19(7-2-14)30-25-28-13-15-11-22(33)31-21-12-17(27)5-10-20(21)23(15)32-25/h1-10,12-13H,11H2,(H,29,34)(H,31,33)(H,28,30,32). The van der Waals surface area contributed by atoms with Crippen LogP contribution in [0.2, 0.25) is 10.0 Å². The summed E-state index contributed by atoms with van der Waals surface area (Å²) in [5, 5.41) is 9.96. The molecule has 0 unspecified atom stereocenters. The number of rotatable bonds is 4. The molecule has 2 amide bonds. The van der Waals surface area contributed by atoms with Crippen molar-refractivity contribution in [2.45, 2.75) is 6.42 Å². The van der Waals surface area contributed by atoms with Gasteiger partial charge in [-0.1, -0.05) is 23.2 Å². The van der Waals surface area contributed by atoms with Gasteiger partial charge >= 0.3 is 0 Å². The molecule has 0 spiro atoms. The van der Waals surface area contributed by atoms with Gasteiger partial charge in [0.15, 0.2) is 0 Å². The van der Waals surface area contributed by atoms with Gasteiger partial charge in [-0.3, -0.25) is 9.59 Å². The van der Waals surface area contributed by atoms with Gasteiger partial charge in [-0.2, -0.15) is 0 Å². The highest BCUT2D eigenvalue weighted by Crippen LogP contribution is 2.34. The first kappa shape index (κ1) is 21.9. The molecule has 1 aliphatic heterocycles. The van der Waals surface area contributed by atoms with E-state index in [2.05, 4.69) is 25.9 Å². The number of halogens is 2. The van der Waals surface area contributed by atoms with Crippen molar-refractivity contribution >= 4 is 58.0 Å². The largest absolute Gasteiger partial charge is 0.325 e. The van der Waals surface area contributed by atoms with Crippen LogP contribution in [0.25, 0.3) is 11.3 Å². The Morgan fingerprint density at radius 2 is 1.62 bits per heavy atom. The van der Waals surface area contributed by atoms with Gasteiger partial charge in [-0.05, 0) is 66.7 Å². The van der Waals surface area contributed by atoms with Gasteiger partial charge in [0.1, 0.15) is 0 Å². The summed E-state index contributed by atoms with van der Waals surface area (Å²) in [5.74, 6) is -0.0194. The van der Waals surface area contributed by atoms with Crippen LogP contribution < -0.4 is 16.0 Å². The van der Waals surface area contributed by atoms with Gasteiger partial charge in [0, 0.05) is 44.3 Å². The fourth-order valence-corrected chi connectivity index (χ4v) is 3.89. The Kier molecular flexibility index (Phi) is 5.88. The topological polar surface area (TPSA) is 96.0 Å². The lowest BCUT2D eigenvalue weighted by molar-refractivity contribution is -0.115. The van der Waals surface area contributed by atoms with Crippen molar-refractivity contribution in [2.24, 2.45) is 0 Å². The second-order valence-electron chi connectivity index (χ2n) is 7.65. The molecule has 3 N–H and O–H groups in total. The minimum atomic E-state index is -0.234. The van der Waals surface area contributed by atoms with E-state index in [-0.39, 0.29) is 18.2 Å². The molecular formula is C25H17Cl2N5O2. The van der Waals surface area contributed by atoms with Crippen molar-refractivity contribution in [1.29, 1.82) is 0 Å². The molecule has 1 aromatic heterocycles. The normalized spacial score (nSPS) is 12.1. The van der Waals surface area contributed by atoms with Crippen LogP contribution in [0.5, 0.6) is 0 Å². The Morgan fingerprint density at radius 1 is 0.912 bits per heavy atom. The summed E-state index contributed by atoms with van der Waals surface area (Å²) in [6.07, 6.45) is 1.81. The monoisotopic (exact) mass is 489 g/mol. The third-order valence-corrected chi connectivity index (χ3v) is 5.72. The molecule has 0 aliphatic carbocycles. The van der Waals surface area contributed by atoms with Crippen molar-refractivity contribution in [1.82, 2.24) is 9.97 Å². The molecule has 0 fully saturated rings. The Hall–Kier alpha value is -3.94. The number of anilines is 4. The maximum absolute atomic E-state index is 12.5.